The Balaban J connectivity index is 1.34. The van der Waals surface area contributed by atoms with Gasteiger partial charge in [0.05, 0.1) is 0 Å². The SMILES string of the molecule is Cc1c(Cl)cccc1C=CCNC(=O)OCC1c2ccccc2-c2ccccc21. The van der Waals surface area contributed by atoms with Crippen LogP contribution in [0.5, 0.6) is 0 Å². The van der Waals surface area contributed by atoms with Crippen LogP contribution in [0.15, 0.2) is 72.8 Å². The smallest absolute Gasteiger partial charge is 0.407 e. The van der Waals surface area contributed by atoms with Crippen LogP contribution < -0.4 is 5.32 Å². The number of amides is 1. The molecule has 29 heavy (non-hydrogen) atoms. The molecule has 1 N–H and O–H groups in total. The summed E-state index contributed by atoms with van der Waals surface area (Å²) < 4.78 is 5.53. The lowest BCUT2D eigenvalue weighted by molar-refractivity contribution is 0.144. The van der Waals surface area contributed by atoms with Crippen LogP contribution in [-0.2, 0) is 4.74 Å². The molecule has 1 aliphatic rings. The molecule has 4 rings (SSSR count). The summed E-state index contributed by atoms with van der Waals surface area (Å²) in [6, 6.07) is 22.4. The minimum atomic E-state index is -0.417. The normalized spacial score (nSPS) is 12.6. The van der Waals surface area contributed by atoms with Gasteiger partial charge in [-0.1, -0.05) is 84.4 Å². The molecule has 3 aromatic carbocycles. The predicted molar refractivity (Wildman–Crippen MR) is 118 cm³/mol. The van der Waals surface area contributed by atoms with Gasteiger partial charge in [-0.25, -0.2) is 4.79 Å². The first-order valence-electron chi connectivity index (χ1n) is 9.65. The van der Waals surface area contributed by atoms with E-state index in [-0.39, 0.29) is 5.92 Å². The van der Waals surface area contributed by atoms with Gasteiger partial charge >= 0.3 is 6.09 Å². The number of carbonyl (C=O) groups excluding carboxylic acids is 1. The fourth-order valence-corrected chi connectivity index (χ4v) is 3.96. The van der Waals surface area contributed by atoms with Gasteiger partial charge < -0.3 is 10.1 Å². The van der Waals surface area contributed by atoms with Crippen LogP contribution in [0.3, 0.4) is 0 Å². The Morgan fingerprint density at radius 2 is 1.66 bits per heavy atom. The zero-order chi connectivity index (χ0) is 20.2. The van der Waals surface area contributed by atoms with E-state index in [4.69, 9.17) is 16.3 Å². The Kier molecular flexibility index (Phi) is 5.68. The number of halogens is 1. The molecule has 0 radical (unpaired) electrons. The molecule has 3 nitrogen and oxygen atoms in total. The molecule has 0 saturated heterocycles. The first-order valence-corrected chi connectivity index (χ1v) is 10.0. The summed E-state index contributed by atoms with van der Waals surface area (Å²) in [5.74, 6) is 0.0674. The van der Waals surface area contributed by atoms with Crippen LogP contribution in [0.2, 0.25) is 5.02 Å². The van der Waals surface area contributed by atoms with Crippen LogP contribution in [0.1, 0.15) is 28.2 Å². The summed E-state index contributed by atoms with van der Waals surface area (Å²) in [5, 5.41) is 3.51. The zero-order valence-corrected chi connectivity index (χ0v) is 16.9. The highest BCUT2D eigenvalue weighted by Crippen LogP contribution is 2.44. The number of ether oxygens (including phenoxy) is 1. The van der Waals surface area contributed by atoms with Gasteiger partial charge in [-0.15, -0.1) is 0 Å². The Morgan fingerprint density at radius 1 is 1.00 bits per heavy atom. The monoisotopic (exact) mass is 403 g/mol. The maximum atomic E-state index is 12.2. The summed E-state index contributed by atoms with van der Waals surface area (Å²) in [6.45, 7) is 2.68. The zero-order valence-electron chi connectivity index (χ0n) is 16.2. The second-order valence-electron chi connectivity index (χ2n) is 7.06. The topological polar surface area (TPSA) is 38.3 Å². The molecule has 0 aromatic heterocycles. The van der Waals surface area contributed by atoms with Crippen molar-refractivity contribution in [1.29, 1.82) is 0 Å². The van der Waals surface area contributed by atoms with Gasteiger partial charge in [0.1, 0.15) is 6.61 Å². The Hall–Kier alpha value is -3.04. The number of hydrogen-bond acceptors (Lipinski definition) is 2. The highest BCUT2D eigenvalue weighted by molar-refractivity contribution is 6.31. The van der Waals surface area contributed by atoms with Crippen molar-refractivity contribution in [3.05, 3.63) is 100 Å². The molecule has 4 heteroatoms. The Labute approximate surface area is 176 Å². The van der Waals surface area contributed by atoms with E-state index >= 15 is 0 Å². The fraction of sp³-hybridized carbons (Fsp3) is 0.160. The molecule has 0 atom stereocenters. The van der Waals surface area contributed by atoms with Crippen LogP contribution in [0.4, 0.5) is 4.79 Å². The van der Waals surface area contributed by atoms with Gasteiger partial charge in [-0.3, -0.25) is 0 Å². The van der Waals surface area contributed by atoms with E-state index in [0.29, 0.717) is 13.2 Å². The molecule has 0 fully saturated rings. The van der Waals surface area contributed by atoms with Crippen molar-refractivity contribution >= 4 is 23.8 Å². The molecule has 1 aliphatic carbocycles. The molecule has 0 heterocycles. The third-order valence-corrected chi connectivity index (χ3v) is 5.72. The molecule has 1 amide bonds. The summed E-state index contributed by atoms with van der Waals surface area (Å²) in [5.41, 5.74) is 6.91. The van der Waals surface area contributed by atoms with Crippen LogP contribution in [0.25, 0.3) is 17.2 Å². The van der Waals surface area contributed by atoms with E-state index in [1.165, 1.54) is 22.3 Å². The van der Waals surface area contributed by atoms with Crippen molar-refractivity contribution in [2.24, 2.45) is 0 Å². The van der Waals surface area contributed by atoms with Crippen molar-refractivity contribution < 1.29 is 9.53 Å². The second-order valence-corrected chi connectivity index (χ2v) is 7.47. The van der Waals surface area contributed by atoms with Crippen molar-refractivity contribution in [2.45, 2.75) is 12.8 Å². The number of nitrogens with one attached hydrogen (secondary N) is 1. The van der Waals surface area contributed by atoms with Crippen molar-refractivity contribution in [2.75, 3.05) is 13.2 Å². The number of alkyl carbamates (subject to hydrolysis) is 1. The molecule has 3 aromatic rings. The molecule has 0 bridgehead atoms. The van der Waals surface area contributed by atoms with Crippen LogP contribution in [-0.4, -0.2) is 19.2 Å². The van der Waals surface area contributed by atoms with Crippen molar-refractivity contribution in [3.63, 3.8) is 0 Å². The first-order chi connectivity index (χ1) is 14.1. The minimum absolute atomic E-state index is 0.0674. The summed E-state index contributed by atoms with van der Waals surface area (Å²) in [7, 11) is 0. The standard InChI is InChI=1S/C25H22ClNO2/c1-17-18(8-6-14-24(17)26)9-7-15-27-25(28)29-16-23-21-12-4-2-10-19(21)20-11-3-5-13-22(20)23/h2-14,23H,15-16H2,1H3,(H,27,28). The molecular weight excluding hydrogens is 382 g/mol. The third kappa shape index (κ3) is 4.06. The van der Waals surface area contributed by atoms with Gasteiger partial charge in [0, 0.05) is 17.5 Å². The van der Waals surface area contributed by atoms with E-state index in [1.807, 2.05) is 61.5 Å². The Bertz CT molecular complexity index is 1030. The number of carbonyl (C=O) groups is 1. The molecule has 0 saturated carbocycles. The molecule has 0 unspecified atom stereocenters. The Morgan fingerprint density at radius 3 is 2.34 bits per heavy atom. The third-order valence-electron chi connectivity index (χ3n) is 5.31. The van der Waals surface area contributed by atoms with E-state index in [9.17, 15) is 4.79 Å². The maximum absolute atomic E-state index is 12.2. The van der Waals surface area contributed by atoms with Gasteiger partial charge in [0.15, 0.2) is 0 Å². The van der Waals surface area contributed by atoms with E-state index in [2.05, 4.69) is 29.6 Å². The molecular formula is C25H22ClNO2. The average Bonchev–Trinajstić information content (AvgIpc) is 3.06. The lowest BCUT2D eigenvalue weighted by Crippen LogP contribution is -2.26. The van der Waals surface area contributed by atoms with Gasteiger partial charge in [0.25, 0.3) is 0 Å². The summed E-state index contributed by atoms with van der Waals surface area (Å²) in [6.07, 6.45) is 3.42. The number of benzene rings is 3. The van der Waals surface area contributed by atoms with Gasteiger partial charge in [-0.05, 0) is 46.4 Å². The average molecular weight is 404 g/mol. The maximum Gasteiger partial charge on any atom is 0.407 e. The second kappa shape index (κ2) is 8.54. The fourth-order valence-electron chi connectivity index (χ4n) is 3.78. The quantitative estimate of drug-likeness (QED) is 0.550. The first kappa shape index (κ1) is 19.3. The predicted octanol–water partition coefficient (Wildman–Crippen LogP) is 6.20. The molecule has 0 spiro atoms. The summed E-state index contributed by atoms with van der Waals surface area (Å²) >= 11 is 6.13. The number of hydrogen-bond donors (Lipinski definition) is 1. The largest absolute Gasteiger partial charge is 0.449 e. The van der Waals surface area contributed by atoms with Crippen LogP contribution >= 0.6 is 11.6 Å². The lowest BCUT2D eigenvalue weighted by atomic mass is 9.98. The van der Waals surface area contributed by atoms with E-state index < -0.39 is 6.09 Å². The number of rotatable bonds is 5. The van der Waals surface area contributed by atoms with Gasteiger partial charge in [-0.2, -0.15) is 0 Å². The molecule has 0 aliphatic heterocycles. The van der Waals surface area contributed by atoms with Gasteiger partial charge in [0.2, 0.25) is 0 Å². The molecule has 146 valence electrons. The van der Waals surface area contributed by atoms with Crippen molar-refractivity contribution in [1.82, 2.24) is 5.32 Å². The lowest BCUT2D eigenvalue weighted by Gasteiger charge is -2.14. The highest BCUT2D eigenvalue weighted by Gasteiger charge is 2.28. The highest BCUT2D eigenvalue weighted by atomic mass is 35.5. The number of fused-ring (bicyclic) bond motifs is 3. The van der Waals surface area contributed by atoms with E-state index in [1.54, 1.807) is 0 Å². The van der Waals surface area contributed by atoms with Crippen molar-refractivity contribution in [3.8, 4) is 11.1 Å². The summed E-state index contributed by atoms with van der Waals surface area (Å²) in [4.78, 5) is 12.2. The minimum Gasteiger partial charge on any atom is -0.449 e. The van der Waals surface area contributed by atoms with E-state index in [0.717, 1.165) is 16.1 Å². The van der Waals surface area contributed by atoms with Crippen LogP contribution in [0, 0.1) is 6.92 Å².